The van der Waals surface area contributed by atoms with Gasteiger partial charge in [0.25, 0.3) is 15.6 Å². The number of aromatic nitrogens is 2. The molecule has 5 aromatic rings. The van der Waals surface area contributed by atoms with Crippen LogP contribution in [-0.4, -0.2) is 23.3 Å². The van der Waals surface area contributed by atoms with E-state index in [1.165, 1.54) is 28.9 Å². The number of benzene rings is 4. The quantitative estimate of drug-likeness (QED) is 0.265. The zero-order valence-corrected chi connectivity index (χ0v) is 23.1. The first-order valence-electron chi connectivity index (χ1n) is 12.0. The zero-order chi connectivity index (χ0) is 27.6. The summed E-state index contributed by atoms with van der Waals surface area (Å²) in [5.74, 6) is 0. The lowest BCUT2D eigenvalue weighted by molar-refractivity contribution is 0.592. The Morgan fingerprint density at radius 3 is 2.31 bits per heavy atom. The van der Waals surface area contributed by atoms with Gasteiger partial charge in [-0.25, -0.2) is 8.42 Å². The van der Waals surface area contributed by atoms with Gasteiger partial charge >= 0.3 is 0 Å². The van der Waals surface area contributed by atoms with Crippen LogP contribution < -0.4 is 15.6 Å². The Hall–Kier alpha value is -4.05. The van der Waals surface area contributed by atoms with Crippen LogP contribution in [0.5, 0.6) is 0 Å². The van der Waals surface area contributed by atoms with Gasteiger partial charge in [0.15, 0.2) is 5.11 Å². The van der Waals surface area contributed by atoms with Crippen LogP contribution in [0, 0.1) is 6.92 Å². The Labute approximate surface area is 236 Å². The smallest absolute Gasteiger partial charge is 0.279 e. The molecule has 1 heterocycles. The standard InChI is InChI=1S/C29H23ClN4O3S2/c1-19-11-16-26(30)25(17-19)27-23-9-5-6-10-24(23)28(35)34(32-27)21-12-14-22(15-13-21)39(36,37)33-29(38)31-18-20-7-3-2-4-8-20/h2-17H,18H2,1H3,(H2,31,33,38). The number of thiocarbonyl (C=S) groups is 1. The van der Waals surface area contributed by atoms with E-state index in [1.807, 2.05) is 61.5 Å². The third kappa shape index (κ3) is 5.70. The highest BCUT2D eigenvalue weighted by Crippen LogP contribution is 2.32. The van der Waals surface area contributed by atoms with E-state index in [1.54, 1.807) is 18.2 Å². The van der Waals surface area contributed by atoms with Crippen LogP contribution in [0.1, 0.15) is 11.1 Å². The fraction of sp³-hybridized carbons (Fsp3) is 0.0690. The van der Waals surface area contributed by atoms with Gasteiger partial charge in [0.1, 0.15) is 5.69 Å². The first kappa shape index (κ1) is 26.6. The number of rotatable bonds is 6. The van der Waals surface area contributed by atoms with E-state index < -0.39 is 10.0 Å². The summed E-state index contributed by atoms with van der Waals surface area (Å²) in [6, 6.07) is 28.2. The van der Waals surface area contributed by atoms with Crippen molar-refractivity contribution < 1.29 is 8.42 Å². The molecular formula is C29H23ClN4O3S2. The van der Waals surface area contributed by atoms with E-state index in [0.29, 0.717) is 39.3 Å². The van der Waals surface area contributed by atoms with Crippen LogP contribution in [0.3, 0.4) is 0 Å². The second-order valence-corrected chi connectivity index (χ2v) is 11.4. The van der Waals surface area contributed by atoms with Crippen molar-refractivity contribution in [1.82, 2.24) is 19.8 Å². The topological polar surface area (TPSA) is 93.1 Å². The summed E-state index contributed by atoms with van der Waals surface area (Å²) in [4.78, 5) is 13.4. The summed E-state index contributed by atoms with van der Waals surface area (Å²) in [7, 11) is -3.95. The van der Waals surface area contributed by atoms with Crippen LogP contribution in [0.2, 0.25) is 5.02 Å². The fourth-order valence-corrected chi connectivity index (χ4v) is 5.68. The van der Waals surface area contributed by atoms with Gasteiger partial charge in [-0.1, -0.05) is 71.8 Å². The number of hydrogen-bond donors (Lipinski definition) is 2. The Bertz CT molecular complexity index is 1860. The lowest BCUT2D eigenvalue weighted by Crippen LogP contribution is -2.38. The molecule has 0 aliphatic carbocycles. The van der Waals surface area contributed by atoms with Crippen molar-refractivity contribution in [3.63, 3.8) is 0 Å². The van der Waals surface area contributed by atoms with Crippen molar-refractivity contribution in [2.45, 2.75) is 18.4 Å². The van der Waals surface area contributed by atoms with E-state index >= 15 is 0 Å². The lowest BCUT2D eigenvalue weighted by Gasteiger charge is -2.14. The highest BCUT2D eigenvalue weighted by atomic mass is 35.5. The number of nitrogens with zero attached hydrogens (tertiary/aromatic N) is 2. The van der Waals surface area contributed by atoms with Gasteiger partial charge < -0.3 is 5.32 Å². The molecule has 1 aromatic heterocycles. The maximum Gasteiger partial charge on any atom is 0.279 e. The third-order valence-electron chi connectivity index (χ3n) is 6.10. The highest BCUT2D eigenvalue weighted by Gasteiger charge is 2.18. The van der Waals surface area contributed by atoms with Gasteiger partial charge in [0.05, 0.1) is 21.0 Å². The Morgan fingerprint density at radius 1 is 0.923 bits per heavy atom. The molecule has 0 fully saturated rings. The molecule has 4 aromatic carbocycles. The largest absolute Gasteiger partial charge is 0.358 e. The minimum absolute atomic E-state index is 0.00842. The normalized spacial score (nSPS) is 11.3. The highest BCUT2D eigenvalue weighted by molar-refractivity contribution is 7.91. The number of sulfonamides is 1. The minimum atomic E-state index is -3.95. The average Bonchev–Trinajstić information content (AvgIpc) is 2.94. The van der Waals surface area contributed by atoms with Crippen LogP contribution in [0.25, 0.3) is 27.7 Å². The monoisotopic (exact) mass is 574 g/mol. The van der Waals surface area contributed by atoms with Crippen molar-refractivity contribution in [3.05, 3.63) is 124 Å². The fourth-order valence-electron chi connectivity index (χ4n) is 4.15. The molecule has 39 heavy (non-hydrogen) atoms. The van der Waals surface area contributed by atoms with E-state index in [-0.39, 0.29) is 15.6 Å². The first-order chi connectivity index (χ1) is 18.7. The van der Waals surface area contributed by atoms with Gasteiger partial charge in [-0.3, -0.25) is 9.52 Å². The van der Waals surface area contributed by atoms with Crippen molar-refractivity contribution in [3.8, 4) is 16.9 Å². The van der Waals surface area contributed by atoms with Crippen molar-refractivity contribution in [1.29, 1.82) is 0 Å². The van der Waals surface area contributed by atoms with Crippen molar-refractivity contribution in [2.75, 3.05) is 0 Å². The molecule has 0 saturated carbocycles. The second kappa shape index (κ2) is 11.0. The average molecular weight is 575 g/mol. The van der Waals surface area contributed by atoms with Crippen molar-refractivity contribution in [2.24, 2.45) is 0 Å². The number of halogens is 1. The molecule has 7 nitrogen and oxygen atoms in total. The maximum absolute atomic E-state index is 13.4. The maximum atomic E-state index is 13.4. The molecule has 0 aliphatic heterocycles. The molecule has 2 N–H and O–H groups in total. The van der Waals surface area contributed by atoms with Gasteiger partial charge in [0, 0.05) is 17.5 Å². The number of fused-ring (bicyclic) bond motifs is 1. The molecule has 0 atom stereocenters. The molecule has 0 saturated heterocycles. The molecule has 0 unspecified atom stereocenters. The summed E-state index contributed by atoms with van der Waals surface area (Å²) in [5.41, 5.74) is 3.27. The SMILES string of the molecule is Cc1ccc(Cl)c(-c2nn(-c3ccc(S(=O)(=O)NC(=S)NCc4ccccc4)cc3)c(=O)c3ccccc23)c1. The lowest BCUT2D eigenvalue weighted by atomic mass is 10.0. The molecule has 0 amide bonds. The van der Waals surface area contributed by atoms with Gasteiger partial charge in [0.2, 0.25) is 0 Å². The van der Waals surface area contributed by atoms with Gasteiger partial charge in [-0.2, -0.15) is 9.78 Å². The molecule has 0 radical (unpaired) electrons. The summed E-state index contributed by atoms with van der Waals surface area (Å²) in [5, 5.41) is 9.18. The summed E-state index contributed by atoms with van der Waals surface area (Å²) in [6.07, 6.45) is 0. The molecule has 5 rings (SSSR count). The Balaban J connectivity index is 1.46. The molecule has 0 bridgehead atoms. The van der Waals surface area contributed by atoms with E-state index in [2.05, 4.69) is 15.1 Å². The Morgan fingerprint density at radius 2 is 1.59 bits per heavy atom. The van der Waals surface area contributed by atoms with E-state index in [0.717, 1.165) is 11.1 Å². The van der Waals surface area contributed by atoms with Crippen molar-refractivity contribution >= 4 is 49.7 Å². The number of hydrogen-bond acceptors (Lipinski definition) is 5. The number of nitrogens with one attached hydrogen (secondary N) is 2. The van der Waals surface area contributed by atoms with Gasteiger partial charge in [-0.05, 0) is 67.2 Å². The van der Waals surface area contributed by atoms with Crippen LogP contribution in [0.15, 0.2) is 107 Å². The predicted molar refractivity (Wildman–Crippen MR) is 159 cm³/mol. The summed E-state index contributed by atoms with van der Waals surface area (Å²) >= 11 is 11.7. The Kier molecular flexibility index (Phi) is 7.47. The molecule has 0 spiro atoms. The minimum Gasteiger partial charge on any atom is -0.358 e. The number of aryl methyl sites for hydroxylation is 1. The van der Waals surface area contributed by atoms with E-state index in [4.69, 9.17) is 23.8 Å². The zero-order valence-electron chi connectivity index (χ0n) is 20.8. The predicted octanol–water partition coefficient (Wildman–Crippen LogP) is 5.37. The van der Waals surface area contributed by atoms with Gasteiger partial charge in [-0.15, -0.1) is 0 Å². The molecule has 10 heteroatoms. The van der Waals surface area contributed by atoms with Crippen LogP contribution in [0.4, 0.5) is 0 Å². The molecule has 196 valence electrons. The van der Waals surface area contributed by atoms with Crippen LogP contribution >= 0.6 is 23.8 Å². The molecule has 0 aliphatic rings. The van der Waals surface area contributed by atoms with Crippen LogP contribution in [-0.2, 0) is 16.6 Å². The first-order valence-corrected chi connectivity index (χ1v) is 14.2. The summed E-state index contributed by atoms with van der Waals surface area (Å²) < 4.78 is 29.5. The summed E-state index contributed by atoms with van der Waals surface area (Å²) in [6.45, 7) is 2.33. The molecular weight excluding hydrogens is 552 g/mol. The second-order valence-electron chi connectivity index (χ2n) is 8.86. The third-order valence-corrected chi connectivity index (χ3v) is 8.17. The van der Waals surface area contributed by atoms with E-state index in [9.17, 15) is 13.2 Å².